The number of nitrogens with zero attached hydrogens (tertiary/aromatic N) is 1. The summed E-state index contributed by atoms with van der Waals surface area (Å²) >= 11 is 7.40. The summed E-state index contributed by atoms with van der Waals surface area (Å²) in [5, 5.41) is 2.89. The van der Waals surface area contributed by atoms with Gasteiger partial charge in [0.15, 0.2) is 0 Å². The topological polar surface area (TPSA) is 66.5 Å². The molecule has 28 heavy (non-hydrogen) atoms. The standard InChI is InChI=1S/C21H24Br2N2O3/c1-9(2)18(19(26)24-11-6-4-10(3)5-7-11)25-20(27)14-12-8-13(15(14)21(25)28)17(23)16(12)22/h4-7,9,12-18H,8H2,1-3H3,(H,24,26)/t12-,13-,14-,15-,16+,17+,18+/m1/s1. The van der Waals surface area contributed by atoms with E-state index in [0.717, 1.165) is 12.0 Å². The van der Waals surface area contributed by atoms with E-state index in [1.54, 1.807) is 0 Å². The van der Waals surface area contributed by atoms with E-state index in [4.69, 9.17) is 0 Å². The molecule has 2 aliphatic carbocycles. The number of fused-ring (bicyclic) bond motifs is 5. The summed E-state index contributed by atoms with van der Waals surface area (Å²) in [6.07, 6.45) is 0.883. The lowest BCUT2D eigenvalue weighted by molar-refractivity contribution is -0.148. The van der Waals surface area contributed by atoms with Crippen LogP contribution in [0.25, 0.3) is 0 Å². The molecule has 1 heterocycles. The molecule has 0 spiro atoms. The monoisotopic (exact) mass is 510 g/mol. The Labute approximate surface area is 181 Å². The van der Waals surface area contributed by atoms with E-state index in [1.807, 2.05) is 45.0 Å². The highest BCUT2D eigenvalue weighted by atomic mass is 79.9. The molecule has 3 aliphatic rings. The van der Waals surface area contributed by atoms with Crippen molar-refractivity contribution in [1.29, 1.82) is 0 Å². The van der Waals surface area contributed by atoms with E-state index in [1.165, 1.54) is 4.90 Å². The number of imide groups is 1. The second-order valence-corrected chi connectivity index (χ2v) is 10.7. The van der Waals surface area contributed by atoms with Crippen molar-refractivity contribution in [1.82, 2.24) is 4.90 Å². The number of alkyl halides is 2. The fraction of sp³-hybridized carbons (Fsp3) is 0.571. The van der Waals surface area contributed by atoms with Crippen molar-refractivity contribution in [3.63, 3.8) is 0 Å². The van der Waals surface area contributed by atoms with Gasteiger partial charge in [-0.2, -0.15) is 0 Å². The molecule has 7 atom stereocenters. The number of halogens is 2. The maximum atomic E-state index is 13.3. The van der Waals surface area contributed by atoms with E-state index >= 15 is 0 Å². The molecule has 1 aromatic carbocycles. The number of benzene rings is 1. The molecule has 1 N–H and O–H groups in total. The van der Waals surface area contributed by atoms with Gasteiger partial charge in [-0.05, 0) is 43.2 Å². The second-order valence-electron chi connectivity index (χ2n) is 8.59. The van der Waals surface area contributed by atoms with Crippen LogP contribution in [0.15, 0.2) is 24.3 Å². The van der Waals surface area contributed by atoms with Crippen LogP contribution in [0.4, 0.5) is 5.69 Å². The van der Waals surface area contributed by atoms with Gasteiger partial charge in [-0.3, -0.25) is 19.3 Å². The molecule has 150 valence electrons. The SMILES string of the molecule is Cc1ccc(NC(=O)[C@H](C(C)C)N2C(=O)[C@@H]3[C@H]4C[C@@H]([C@H](Br)[C@H]4Br)[C@H]3C2=O)cc1. The Morgan fingerprint density at radius 3 is 2.00 bits per heavy atom. The molecule has 3 amide bonds. The number of amides is 3. The molecule has 0 unspecified atom stereocenters. The first-order valence-corrected chi connectivity index (χ1v) is 11.6. The minimum absolute atomic E-state index is 0.147. The highest BCUT2D eigenvalue weighted by molar-refractivity contribution is 9.12. The van der Waals surface area contributed by atoms with Crippen molar-refractivity contribution in [2.75, 3.05) is 5.32 Å². The predicted molar refractivity (Wildman–Crippen MR) is 114 cm³/mol. The number of hydrogen-bond acceptors (Lipinski definition) is 3. The first-order chi connectivity index (χ1) is 13.2. The third-order valence-electron chi connectivity index (χ3n) is 6.52. The van der Waals surface area contributed by atoms with Crippen molar-refractivity contribution in [2.24, 2.45) is 29.6 Å². The lowest BCUT2D eigenvalue weighted by atomic mass is 9.81. The zero-order valence-corrected chi connectivity index (χ0v) is 19.2. The molecule has 7 heteroatoms. The van der Waals surface area contributed by atoms with Gasteiger partial charge in [0.2, 0.25) is 17.7 Å². The molecule has 0 aromatic heterocycles. The average molecular weight is 512 g/mol. The summed E-state index contributed by atoms with van der Waals surface area (Å²) in [5.74, 6) is -1.14. The van der Waals surface area contributed by atoms with Crippen molar-refractivity contribution < 1.29 is 14.4 Å². The molecule has 1 saturated heterocycles. The molecule has 2 saturated carbocycles. The lowest BCUT2D eigenvalue weighted by Crippen LogP contribution is -2.51. The molecule has 4 rings (SSSR count). The Bertz CT molecular complexity index is 793. The third kappa shape index (κ3) is 2.96. The van der Waals surface area contributed by atoms with Crippen LogP contribution in [0.1, 0.15) is 25.8 Å². The van der Waals surface area contributed by atoms with Gasteiger partial charge in [-0.15, -0.1) is 0 Å². The number of anilines is 1. The summed E-state index contributed by atoms with van der Waals surface area (Å²) < 4.78 is 0. The first kappa shape index (κ1) is 20.1. The van der Waals surface area contributed by atoms with Crippen LogP contribution >= 0.6 is 31.9 Å². The van der Waals surface area contributed by atoms with E-state index in [0.29, 0.717) is 5.69 Å². The number of hydrogen-bond donors (Lipinski definition) is 1. The number of nitrogens with one attached hydrogen (secondary N) is 1. The Balaban J connectivity index is 1.60. The lowest BCUT2D eigenvalue weighted by Gasteiger charge is -2.29. The molecule has 2 bridgehead atoms. The maximum Gasteiger partial charge on any atom is 0.247 e. The third-order valence-corrected chi connectivity index (χ3v) is 9.73. The molecule has 0 radical (unpaired) electrons. The number of likely N-dealkylation sites (tertiary alicyclic amines) is 1. The average Bonchev–Trinajstić information content (AvgIpc) is 3.24. The maximum absolute atomic E-state index is 13.3. The number of rotatable bonds is 4. The predicted octanol–water partition coefficient (Wildman–Crippen LogP) is 3.74. The number of carbonyl (C=O) groups is 3. The van der Waals surface area contributed by atoms with Gasteiger partial charge in [-0.1, -0.05) is 63.4 Å². The van der Waals surface area contributed by atoms with Gasteiger partial charge >= 0.3 is 0 Å². The molecule has 1 aromatic rings. The van der Waals surface area contributed by atoms with E-state index in [9.17, 15) is 14.4 Å². The van der Waals surface area contributed by atoms with Crippen LogP contribution in [0.3, 0.4) is 0 Å². The van der Waals surface area contributed by atoms with Crippen LogP contribution in [0.5, 0.6) is 0 Å². The first-order valence-electron chi connectivity index (χ1n) is 9.75. The van der Waals surface area contributed by atoms with Crippen molar-refractivity contribution in [3.05, 3.63) is 29.8 Å². The van der Waals surface area contributed by atoms with Crippen LogP contribution in [-0.4, -0.2) is 38.3 Å². The summed E-state index contributed by atoms with van der Waals surface area (Å²) in [4.78, 5) is 41.3. The summed E-state index contributed by atoms with van der Waals surface area (Å²) in [6.45, 7) is 5.73. The Kier molecular flexibility index (Phi) is 5.19. The highest BCUT2D eigenvalue weighted by Gasteiger charge is 2.67. The van der Waals surface area contributed by atoms with Gasteiger partial charge in [0.1, 0.15) is 6.04 Å². The van der Waals surface area contributed by atoms with Gasteiger partial charge in [0, 0.05) is 15.3 Å². The number of carbonyl (C=O) groups excluding carboxylic acids is 3. The van der Waals surface area contributed by atoms with Crippen molar-refractivity contribution >= 4 is 55.3 Å². The largest absolute Gasteiger partial charge is 0.324 e. The minimum atomic E-state index is -0.797. The Morgan fingerprint density at radius 1 is 1.04 bits per heavy atom. The second kappa shape index (κ2) is 7.24. The van der Waals surface area contributed by atoms with Crippen LogP contribution in [0, 0.1) is 36.5 Å². The highest BCUT2D eigenvalue weighted by Crippen LogP contribution is 2.60. The fourth-order valence-corrected chi connectivity index (χ4v) is 7.09. The Morgan fingerprint density at radius 2 is 1.54 bits per heavy atom. The quantitative estimate of drug-likeness (QED) is 0.494. The van der Waals surface area contributed by atoms with Gasteiger partial charge < -0.3 is 5.32 Å². The Hall–Kier alpha value is -1.21. The van der Waals surface area contributed by atoms with Crippen LogP contribution < -0.4 is 5.32 Å². The minimum Gasteiger partial charge on any atom is -0.324 e. The van der Waals surface area contributed by atoms with Crippen molar-refractivity contribution in [3.8, 4) is 0 Å². The van der Waals surface area contributed by atoms with E-state index in [-0.39, 0.29) is 57.0 Å². The zero-order chi connectivity index (χ0) is 20.3. The van der Waals surface area contributed by atoms with Crippen LogP contribution in [0.2, 0.25) is 0 Å². The molecule has 5 nitrogen and oxygen atoms in total. The van der Waals surface area contributed by atoms with Crippen LogP contribution in [-0.2, 0) is 14.4 Å². The molecular formula is C21H24Br2N2O3. The summed E-state index contributed by atoms with van der Waals surface area (Å²) in [5.41, 5.74) is 1.77. The zero-order valence-electron chi connectivity index (χ0n) is 16.1. The van der Waals surface area contributed by atoms with Crippen molar-refractivity contribution in [2.45, 2.75) is 42.9 Å². The van der Waals surface area contributed by atoms with Gasteiger partial charge in [-0.25, -0.2) is 0 Å². The fourth-order valence-electron chi connectivity index (χ4n) is 5.22. The van der Waals surface area contributed by atoms with Gasteiger partial charge in [0.25, 0.3) is 0 Å². The van der Waals surface area contributed by atoms with Gasteiger partial charge in [0.05, 0.1) is 11.8 Å². The van der Waals surface area contributed by atoms with E-state index < -0.39 is 6.04 Å². The summed E-state index contributed by atoms with van der Waals surface area (Å²) in [6, 6.07) is 6.70. The normalized spacial score (nSPS) is 34.9. The molecule has 1 aliphatic heterocycles. The summed E-state index contributed by atoms with van der Waals surface area (Å²) in [7, 11) is 0. The smallest absolute Gasteiger partial charge is 0.247 e. The van der Waals surface area contributed by atoms with E-state index in [2.05, 4.69) is 37.2 Å². The number of aryl methyl sites for hydroxylation is 1. The molecular weight excluding hydrogens is 488 g/mol. The molecule has 3 fully saturated rings.